The third-order valence-corrected chi connectivity index (χ3v) is 5.41. The quantitative estimate of drug-likeness (QED) is 0.473. The van der Waals surface area contributed by atoms with Gasteiger partial charge in [-0.1, -0.05) is 57.5 Å². The van der Waals surface area contributed by atoms with Gasteiger partial charge >= 0.3 is 0 Å². The average molecular weight is 462 g/mol. The van der Waals surface area contributed by atoms with Gasteiger partial charge in [0.25, 0.3) is 0 Å². The predicted molar refractivity (Wildman–Crippen MR) is 129 cm³/mol. The molecule has 1 aromatic carbocycles. The molecule has 2 aromatic rings. The zero-order valence-electron chi connectivity index (χ0n) is 19.9. The van der Waals surface area contributed by atoms with Crippen molar-refractivity contribution in [3.8, 4) is 0 Å². The molecule has 0 unspecified atom stereocenters. The second-order valence-electron chi connectivity index (χ2n) is 8.99. The average Bonchev–Trinajstić information content (AvgIpc) is 3.15. The molecule has 0 fully saturated rings. The van der Waals surface area contributed by atoms with Gasteiger partial charge in [0.2, 0.25) is 11.8 Å². The van der Waals surface area contributed by atoms with E-state index in [4.69, 9.17) is 16.3 Å². The molecule has 7 heteroatoms. The summed E-state index contributed by atoms with van der Waals surface area (Å²) in [6.45, 7) is 10.5. The number of halogens is 1. The summed E-state index contributed by atoms with van der Waals surface area (Å²) >= 11 is 6.35. The van der Waals surface area contributed by atoms with E-state index in [-0.39, 0.29) is 30.9 Å². The van der Waals surface area contributed by atoms with E-state index in [0.29, 0.717) is 32.1 Å². The third-order valence-electron chi connectivity index (χ3n) is 5.05. The first-order valence-corrected chi connectivity index (χ1v) is 11.5. The minimum absolute atomic E-state index is 0.0230. The van der Waals surface area contributed by atoms with Crippen molar-refractivity contribution in [2.45, 2.75) is 40.8 Å². The van der Waals surface area contributed by atoms with Crippen LogP contribution in [-0.2, 0) is 27.4 Å². The molecule has 0 spiro atoms. The number of nitrogens with zero attached hydrogens (tertiary/aromatic N) is 3. The molecule has 0 saturated heterocycles. The molecular weight excluding hydrogens is 426 g/mol. The van der Waals surface area contributed by atoms with Crippen LogP contribution in [0.4, 0.5) is 0 Å². The van der Waals surface area contributed by atoms with Gasteiger partial charge in [-0.2, -0.15) is 0 Å². The summed E-state index contributed by atoms with van der Waals surface area (Å²) in [7, 11) is 1.49. The molecule has 6 nitrogen and oxygen atoms in total. The fourth-order valence-electron chi connectivity index (χ4n) is 3.62. The lowest BCUT2D eigenvalue weighted by Gasteiger charge is -2.30. The van der Waals surface area contributed by atoms with Crippen LogP contribution in [0.3, 0.4) is 0 Å². The van der Waals surface area contributed by atoms with Gasteiger partial charge in [0.15, 0.2) is 0 Å². The Labute approximate surface area is 197 Å². The molecule has 1 heterocycles. The zero-order valence-corrected chi connectivity index (χ0v) is 20.6. The van der Waals surface area contributed by atoms with Crippen LogP contribution < -0.4 is 0 Å². The van der Waals surface area contributed by atoms with Crippen molar-refractivity contribution in [2.24, 2.45) is 11.8 Å². The lowest BCUT2D eigenvalue weighted by atomic mass is 10.1. The maximum atomic E-state index is 13.3. The number of hydrogen-bond acceptors (Lipinski definition) is 3. The second-order valence-corrected chi connectivity index (χ2v) is 9.40. The SMILES string of the molecule is COCC(=O)N(CC(=O)N(Cc1cccn1Cc1ccccc1Cl)CC(C)C)CC(C)C. The molecule has 32 heavy (non-hydrogen) atoms. The first-order chi connectivity index (χ1) is 15.2. The lowest BCUT2D eigenvalue weighted by Crippen LogP contribution is -2.46. The summed E-state index contributed by atoms with van der Waals surface area (Å²) in [4.78, 5) is 29.2. The van der Waals surface area contributed by atoms with Crippen molar-refractivity contribution < 1.29 is 14.3 Å². The molecule has 2 amide bonds. The number of hydrogen-bond donors (Lipinski definition) is 0. The van der Waals surface area contributed by atoms with Gasteiger partial charge in [-0.25, -0.2) is 0 Å². The van der Waals surface area contributed by atoms with Crippen LogP contribution in [-0.4, -0.2) is 59.5 Å². The van der Waals surface area contributed by atoms with Gasteiger partial charge in [-0.05, 0) is 35.6 Å². The number of ether oxygens (including phenoxy) is 1. The minimum Gasteiger partial charge on any atom is -0.375 e. The monoisotopic (exact) mass is 461 g/mol. The van der Waals surface area contributed by atoms with Gasteiger partial charge in [-0.3, -0.25) is 9.59 Å². The second kappa shape index (κ2) is 12.7. The van der Waals surface area contributed by atoms with Gasteiger partial charge in [0.05, 0.1) is 13.1 Å². The summed E-state index contributed by atoms with van der Waals surface area (Å²) in [5, 5.41) is 0.725. The van der Waals surface area contributed by atoms with Crippen molar-refractivity contribution in [1.82, 2.24) is 14.4 Å². The molecule has 0 aliphatic carbocycles. The van der Waals surface area contributed by atoms with E-state index in [0.717, 1.165) is 16.3 Å². The van der Waals surface area contributed by atoms with Crippen LogP contribution in [0.5, 0.6) is 0 Å². The Morgan fingerprint density at radius 3 is 2.25 bits per heavy atom. The highest BCUT2D eigenvalue weighted by Crippen LogP contribution is 2.18. The van der Waals surface area contributed by atoms with E-state index in [1.54, 1.807) is 4.90 Å². The van der Waals surface area contributed by atoms with Crippen molar-refractivity contribution in [3.05, 3.63) is 58.9 Å². The number of aromatic nitrogens is 1. The molecule has 0 N–H and O–H groups in total. The Bertz CT molecular complexity index is 879. The van der Waals surface area contributed by atoms with Crippen molar-refractivity contribution in [1.29, 1.82) is 0 Å². The Morgan fingerprint density at radius 2 is 1.62 bits per heavy atom. The molecule has 2 rings (SSSR count). The molecule has 176 valence electrons. The maximum absolute atomic E-state index is 13.3. The smallest absolute Gasteiger partial charge is 0.249 e. The normalized spacial score (nSPS) is 11.2. The molecule has 0 aliphatic rings. The zero-order chi connectivity index (χ0) is 23.7. The van der Waals surface area contributed by atoms with Crippen LogP contribution in [0.1, 0.15) is 39.0 Å². The number of methoxy groups -OCH3 is 1. The third kappa shape index (κ3) is 7.99. The Morgan fingerprint density at radius 1 is 0.969 bits per heavy atom. The van der Waals surface area contributed by atoms with Crippen LogP contribution in [0.2, 0.25) is 5.02 Å². The van der Waals surface area contributed by atoms with Crippen LogP contribution in [0.15, 0.2) is 42.6 Å². The first kappa shape index (κ1) is 25.9. The standard InChI is InChI=1S/C25H36ClN3O3/c1-19(2)13-28(24(30)17-29(14-20(3)4)25(31)18-32-5)16-22-10-8-12-27(22)15-21-9-6-7-11-23(21)26/h6-12,19-20H,13-18H2,1-5H3. The molecule has 0 saturated carbocycles. The van der Waals surface area contributed by atoms with Crippen LogP contribution >= 0.6 is 11.6 Å². The molecule has 0 radical (unpaired) electrons. The molecule has 0 bridgehead atoms. The van der Waals surface area contributed by atoms with Crippen molar-refractivity contribution >= 4 is 23.4 Å². The van der Waals surface area contributed by atoms with Gasteiger partial charge < -0.3 is 19.1 Å². The number of carbonyl (C=O) groups is 2. The lowest BCUT2D eigenvalue weighted by molar-refractivity contribution is -0.143. The minimum atomic E-state index is -0.166. The fourth-order valence-corrected chi connectivity index (χ4v) is 3.82. The van der Waals surface area contributed by atoms with E-state index < -0.39 is 0 Å². The van der Waals surface area contributed by atoms with Gasteiger partial charge in [0, 0.05) is 43.7 Å². The fraction of sp³-hybridized carbons (Fsp3) is 0.520. The Hall–Kier alpha value is -2.31. The van der Waals surface area contributed by atoms with E-state index >= 15 is 0 Å². The molecule has 1 aromatic heterocycles. The first-order valence-electron chi connectivity index (χ1n) is 11.1. The summed E-state index contributed by atoms with van der Waals surface area (Å²) < 4.78 is 7.12. The summed E-state index contributed by atoms with van der Waals surface area (Å²) in [6, 6.07) is 11.8. The summed E-state index contributed by atoms with van der Waals surface area (Å²) in [5.74, 6) is 0.338. The van der Waals surface area contributed by atoms with Gasteiger partial charge in [-0.15, -0.1) is 0 Å². The Balaban J connectivity index is 2.18. The largest absolute Gasteiger partial charge is 0.375 e. The highest BCUT2D eigenvalue weighted by Gasteiger charge is 2.23. The molecule has 0 atom stereocenters. The van der Waals surface area contributed by atoms with Crippen LogP contribution in [0, 0.1) is 11.8 Å². The molecule has 0 aliphatic heterocycles. The van der Waals surface area contributed by atoms with Crippen LogP contribution in [0.25, 0.3) is 0 Å². The maximum Gasteiger partial charge on any atom is 0.249 e. The van der Waals surface area contributed by atoms with Crippen molar-refractivity contribution in [3.63, 3.8) is 0 Å². The summed E-state index contributed by atoms with van der Waals surface area (Å²) in [5.41, 5.74) is 2.05. The molecular formula is C25H36ClN3O3. The summed E-state index contributed by atoms with van der Waals surface area (Å²) in [6.07, 6.45) is 2.00. The van der Waals surface area contributed by atoms with E-state index in [2.05, 4.69) is 18.4 Å². The number of carbonyl (C=O) groups excluding carboxylic acids is 2. The van der Waals surface area contributed by atoms with Crippen molar-refractivity contribution in [2.75, 3.05) is 33.4 Å². The van der Waals surface area contributed by atoms with Gasteiger partial charge in [0.1, 0.15) is 6.61 Å². The highest BCUT2D eigenvalue weighted by molar-refractivity contribution is 6.31. The van der Waals surface area contributed by atoms with E-state index in [9.17, 15) is 9.59 Å². The van der Waals surface area contributed by atoms with E-state index in [1.807, 2.05) is 61.3 Å². The predicted octanol–water partition coefficient (Wildman–Crippen LogP) is 4.31. The number of benzene rings is 1. The number of amides is 2. The van der Waals surface area contributed by atoms with E-state index in [1.165, 1.54) is 7.11 Å². The highest BCUT2D eigenvalue weighted by atomic mass is 35.5. The Kier molecular flexibility index (Phi) is 10.3. The number of rotatable bonds is 12. The topological polar surface area (TPSA) is 54.8 Å².